The van der Waals surface area contributed by atoms with Crippen LogP contribution in [0.2, 0.25) is 0 Å². The van der Waals surface area contributed by atoms with E-state index in [0.717, 1.165) is 0 Å². The van der Waals surface area contributed by atoms with Crippen molar-refractivity contribution < 1.29 is 13.2 Å². The Bertz CT molecular complexity index is 1020. The molecule has 0 atom stereocenters. The number of hydrogen-bond acceptors (Lipinski definition) is 5. The van der Waals surface area contributed by atoms with Crippen LogP contribution in [0.25, 0.3) is 0 Å². The zero-order chi connectivity index (χ0) is 19.4. The number of benzene rings is 2. The van der Waals surface area contributed by atoms with Gasteiger partial charge in [0.2, 0.25) is 10.0 Å². The van der Waals surface area contributed by atoms with E-state index in [1.54, 1.807) is 29.2 Å². The van der Waals surface area contributed by atoms with E-state index in [1.807, 2.05) is 12.1 Å². The highest BCUT2D eigenvalue weighted by atomic mass is 32.2. The Kier molecular flexibility index (Phi) is 5.22. The van der Waals surface area contributed by atoms with Gasteiger partial charge in [-0.25, -0.2) is 8.42 Å². The van der Waals surface area contributed by atoms with Crippen LogP contribution in [0.15, 0.2) is 53.4 Å². The predicted octanol–water partition coefficient (Wildman–Crippen LogP) is 1.58. The van der Waals surface area contributed by atoms with Crippen LogP contribution in [0, 0.1) is 22.7 Å². The number of nitrogens with zero attached hydrogens (tertiary/aromatic N) is 4. The molecule has 1 heterocycles. The lowest BCUT2D eigenvalue weighted by Crippen LogP contribution is -2.50. The van der Waals surface area contributed by atoms with Crippen LogP contribution < -0.4 is 0 Å². The van der Waals surface area contributed by atoms with Gasteiger partial charge in [-0.2, -0.15) is 14.8 Å². The molecule has 1 aliphatic heterocycles. The maximum Gasteiger partial charge on any atom is 0.253 e. The molecular formula is C19H16N4O3S. The van der Waals surface area contributed by atoms with Crippen molar-refractivity contribution in [2.45, 2.75) is 4.90 Å². The van der Waals surface area contributed by atoms with Crippen LogP contribution in [0.3, 0.4) is 0 Å². The third-order valence-electron chi connectivity index (χ3n) is 4.41. The topological polar surface area (TPSA) is 105 Å². The predicted molar refractivity (Wildman–Crippen MR) is 97.0 cm³/mol. The summed E-state index contributed by atoms with van der Waals surface area (Å²) in [6.45, 7) is 0.970. The van der Waals surface area contributed by atoms with Crippen molar-refractivity contribution in [2.75, 3.05) is 26.2 Å². The van der Waals surface area contributed by atoms with E-state index >= 15 is 0 Å². The van der Waals surface area contributed by atoms with Crippen LogP contribution >= 0.6 is 0 Å². The first kappa shape index (κ1) is 18.6. The summed E-state index contributed by atoms with van der Waals surface area (Å²) >= 11 is 0. The molecule has 1 saturated heterocycles. The molecule has 0 aliphatic carbocycles. The van der Waals surface area contributed by atoms with Crippen LogP contribution in [0.5, 0.6) is 0 Å². The minimum Gasteiger partial charge on any atom is -0.336 e. The Morgan fingerprint density at radius 3 is 1.78 bits per heavy atom. The van der Waals surface area contributed by atoms with Gasteiger partial charge in [0.25, 0.3) is 5.91 Å². The van der Waals surface area contributed by atoms with Gasteiger partial charge in [-0.3, -0.25) is 4.79 Å². The Hall–Kier alpha value is -3.20. The molecule has 0 N–H and O–H groups in total. The van der Waals surface area contributed by atoms with Crippen LogP contribution in [0.4, 0.5) is 0 Å². The normalized spacial score (nSPS) is 15.0. The molecule has 27 heavy (non-hydrogen) atoms. The highest BCUT2D eigenvalue weighted by Gasteiger charge is 2.30. The first-order valence-electron chi connectivity index (χ1n) is 8.25. The fourth-order valence-corrected chi connectivity index (χ4v) is 4.27. The van der Waals surface area contributed by atoms with Gasteiger partial charge in [0, 0.05) is 31.7 Å². The molecule has 0 spiro atoms. The Labute approximate surface area is 157 Å². The minimum atomic E-state index is -3.66. The lowest BCUT2D eigenvalue weighted by molar-refractivity contribution is 0.0698. The summed E-state index contributed by atoms with van der Waals surface area (Å²) in [5.41, 5.74) is 1.34. The van der Waals surface area contributed by atoms with Crippen LogP contribution in [0.1, 0.15) is 21.5 Å². The molecule has 0 unspecified atom stereocenters. The number of hydrogen-bond donors (Lipinski definition) is 0. The second-order valence-corrected chi connectivity index (χ2v) is 7.96. The second kappa shape index (κ2) is 7.58. The van der Waals surface area contributed by atoms with Crippen LogP contribution in [-0.2, 0) is 10.0 Å². The molecule has 0 saturated carbocycles. The van der Waals surface area contributed by atoms with E-state index in [-0.39, 0.29) is 37.0 Å². The minimum absolute atomic E-state index is 0.133. The number of rotatable bonds is 3. The Balaban J connectivity index is 1.67. The third-order valence-corrected chi connectivity index (χ3v) is 6.32. The SMILES string of the molecule is N#Cc1ccc(C(=O)N2CCN(S(=O)(=O)c3ccc(C#N)cc3)CC2)cc1. The van der Waals surface area contributed by atoms with Crippen molar-refractivity contribution in [2.24, 2.45) is 0 Å². The van der Waals surface area contributed by atoms with Gasteiger partial charge in [0.05, 0.1) is 28.2 Å². The number of amides is 1. The van der Waals surface area contributed by atoms with Gasteiger partial charge >= 0.3 is 0 Å². The van der Waals surface area contributed by atoms with Crippen molar-refractivity contribution in [3.05, 3.63) is 65.2 Å². The average Bonchev–Trinajstić information content (AvgIpc) is 2.73. The first-order valence-corrected chi connectivity index (χ1v) is 9.69. The van der Waals surface area contributed by atoms with E-state index in [1.165, 1.54) is 28.6 Å². The molecule has 0 radical (unpaired) electrons. The molecule has 0 bridgehead atoms. The molecule has 8 heteroatoms. The molecule has 1 aliphatic rings. The molecular weight excluding hydrogens is 364 g/mol. The molecule has 2 aromatic carbocycles. The van der Waals surface area contributed by atoms with Crippen molar-refractivity contribution >= 4 is 15.9 Å². The Morgan fingerprint density at radius 2 is 1.30 bits per heavy atom. The number of piperazine rings is 1. The largest absolute Gasteiger partial charge is 0.336 e. The number of nitriles is 2. The molecule has 3 rings (SSSR count). The first-order chi connectivity index (χ1) is 13.0. The van der Waals surface area contributed by atoms with Gasteiger partial charge in [0.1, 0.15) is 0 Å². The van der Waals surface area contributed by atoms with Gasteiger partial charge in [-0.15, -0.1) is 0 Å². The quantitative estimate of drug-likeness (QED) is 0.804. The van der Waals surface area contributed by atoms with Crippen molar-refractivity contribution in [1.29, 1.82) is 10.5 Å². The second-order valence-electron chi connectivity index (χ2n) is 6.02. The van der Waals surface area contributed by atoms with Gasteiger partial charge in [-0.1, -0.05) is 0 Å². The average molecular weight is 380 g/mol. The molecule has 7 nitrogen and oxygen atoms in total. The maximum atomic E-state index is 12.7. The third kappa shape index (κ3) is 3.82. The van der Waals surface area contributed by atoms with Crippen molar-refractivity contribution in [1.82, 2.24) is 9.21 Å². The molecule has 1 amide bonds. The summed E-state index contributed by atoms with van der Waals surface area (Å²) in [4.78, 5) is 14.3. The zero-order valence-electron chi connectivity index (χ0n) is 14.4. The summed E-state index contributed by atoms with van der Waals surface area (Å²) in [7, 11) is -3.66. The molecule has 0 aromatic heterocycles. The van der Waals surface area contributed by atoms with E-state index in [2.05, 4.69) is 0 Å². The summed E-state index contributed by atoms with van der Waals surface area (Å²) in [5, 5.41) is 17.6. The van der Waals surface area contributed by atoms with E-state index in [0.29, 0.717) is 16.7 Å². The van der Waals surface area contributed by atoms with Crippen molar-refractivity contribution in [3.8, 4) is 12.1 Å². The summed E-state index contributed by atoms with van der Waals surface area (Å²) < 4.78 is 26.8. The summed E-state index contributed by atoms with van der Waals surface area (Å²) in [5.74, 6) is -0.185. The summed E-state index contributed by atoms with van der Waals surface area (Å²) in [6.07, 6.45) is 0. The smallest absolute Gasteiger partial charge is 0.253 e. The zero-order valence-corrected chi connectivity index (χ0v) is 15.2. The Morgan fingerprint density at radius 1 is 0.815 bits per heavy atom. The molecule has 136 valence electrons. The van der Waals surface area contributed by atoms with Crippen LogP contribution in [-0.4, -0.2) is 49.7 Å². The van der Waals surface area contributed by atoms with Gasteiger partial charge in [0.15, 0.2) is 0 Å². The van der Waals surface area contributed by atoms with E-state index in [4.69, 9.17) is 10.5 Å². The highest BCUT2D eigenvalue weighted by molar-refractivity contribution is 7.89. The van der Waals surface area contributed by atoms with Crippen molar-refractivity contribution in [3.63, 3.8) is 0 Å². The van der Waals surface area contributed by atoms with E-state index < -0.39 is 10.0 Å². The fourth-order valence-electron chi connectivity index (χ4n) is 2.85. The lowest BCUT2D eigenvalue weighted by Gasteiger charge is -2.34. The highest BCUT2D eigenvalue weighted by Crippen LogP contribution is 2.19. The number of carbonyl (C=O) groups is 1. The lowest BCUT2D eigenvalue weighted by atomic mass is 10.1. The number of carbonyl (C=O) groups excluding carboxylic acids is 1. The standard InChI is InChI=1S/C19H16N4O3S/c20-13-15-1-5-17(6-2-15)19(24)22-9-11-23(12-10-22)27(25,26)18-7-3-16(14-21)4-8-18/h1-8H,9-12H2. The summed E-state index contributed by atoms with van der Waals surface area (Å²) in [6, 6.07) is 16.1. The fraction of sp³-hybridized carbons (Fsp3) is 0.211. The molecule has 2 aromatic rings. The van der Waals surface area contributed by atoms with E-state index in [9.17, 15) is 13.2 Å². The van der Waals surface area contributed by atoms with Gasteiger partial charge in [-0.05, 0) is 48.5 Å². The molecule has 1 fully saturated rings. The van der Waals surface area contributed by atoms with Gasteiger partial charge < -0.3 is 4.90 Å². The maximum absolute atomic E-state index is 12.7. The monoisotopic (exact) mass is 380 g/mol. The number of sulfonamides is 1.